The van der Waals surface area contributed by atoms with Crippen LogP contribution in [-0.4, -0.2) is 50.7 Å². The maximum atomic E-state index is 12.7. The Bertz CT molecular complexity index is 1320. The first-order chi connectivity index (χ1) is 15.0. The normalized spacial score (nSPS) is 14.7. The Morgan fingerprint density at radius 1 is 0.935 bits per heavy atom. The van der Waals surface area contributed by atoms with Crippen LogP contribution in [0, 0.1) is 6.92 Å². The molecule has 31 heavy (non-hydrogen) atoms. The van der Waals surface area contributed by atoms with Crippen molar-refractivity contribution in [3.8, 4) is 0 Å². The third-order valence-electron chi connectivity index (χ3n) is 5.83. The van der Waals surface area contributed by atoms with Gasteiger partial charge in [0.25, 0.3) is 5.56 Å². The number of aromatic nitrogens is 5. The van der Waals surface area contributed by atoms with Crippen molar-refractivity contribution >= 4 is 33.4 Å². The molecule has 0 saturated carbocycles. The maximum absolute atomic E-state index is 12.7. The van der Waals surface area contributed by atoms with Crippen LogP contribution < -0.4 is 15.4 Å². The smallest absolute Gasteiger partial charge is 0.261 e. The van der Waals surface area contributed by atoms with Crippen molar-refractivity contribution in [3.05, 3.63) is 59.0 Å². The summed E-state index contributed by atoms with van der Waals surface area (Å²) in [5.41, 5.74) is 2.58. The topological polar surface area (TPSA) is 80.0 Å². The molecule has 0 amide bonds. The number of fused-ring (bicyclic) bond motifs is 2. The zero-order chi connectivity index (χ0) is 21.5. The van der Waals surface area contributed by atoms with Gasteiger partial charge in [-0.1, -0.05) is 0 Å². The van der Waals surface area contributed by atoms with Crippen molar-refractivity contribution in [2.75, 3.05) is 36.0 Å². The van der Waals surface area contributed by atoms with Crippen LogP contribution in [0.4, 0.5) is 11.5 Å². The SMILES string of the molecule is Cc1nc(N2CCN(c3ccc4c(=O)n(C(C)C)cnc4c3)CC2)c2cccnc2n1. The minimum Gasteiger partial charge on any atom is -0.368 e. The fraction of sp³-hybridized carbons (Fsp3) is 0.348. The van der Waals surface area contributed by atoms with Crippen LogP contribution in [0.25, 0.3) is 21.9 Å². The minimum atomic E-state index is 0.0102. The molecule has 8 heteroatoms. The second-order valence-corrected chi connectivity index (χ2v) is 8.20. The number of hydrogen-bond acceptors (Lipinski definition) is 7. The zero-order valence-corrected chi connectivity index (χ0v) is 18.0. The van der Waals surface area contributed by atoms with E-state index in [1.54, 1.807) is 17.1 Å². The number of aryl methyl sites for hydroxylation is 1. The van der Waals surface area contributed by atoms with Gasteiger partial charge in [-0.25, -0.2) is 19.9 Å². The number of hydrogen-bond donors (Lipinski definition) is 0. The van der Waals surface area contributed by atoms with Gasteiger partial charge in [-0.2, -0.15) is 0 Å². The van der Waals surface area contributed by atoms with Crippen LogP contribution in [0.3, 0.4) is 0 Å². The molecule has 3 aromatic heterocycles. The summed E-state index contributed by atoms with van der Waals surface area (Å²) in [6.07, 6.45) is 3.41. The van der Waals surface area contributed by atoms with Gasteiger partial charge >= 0.3 is 0 Å². The van der Waals surface area contributed by atoms with E-state index in [-0.39, 0.29) is 11.6 Å². The van der Waals surface area contributed by atoms with Crippen molar-refractivity contribution in [1.82, 2.24) is 24.5 Å². The third-order valence-corrected chi connectivity index (χ3v) is 5.83. The molecule has 0 N–H and O–H groups in total. The molecule has 0 aliphatic carbocycles. The monoisotopic (exact) mass is 415 g/mol. The highest BCUT2D eigenvalue weighted by Crippen LogP contribution is 2.26. The minimum absolute atomic E-state index is 0.0102. The van der Waals surface area contributed by atoms with Gasteiger partial charge in [0, 0.05) is 44.1 Å². The summed E-state index contributed by atoms with van der Waals surface area (Å²) in [6, 6.07) is 10.00. The average Bonchev–Trinajstić information content (AvgIpc) is 2.78. The number of rotatable bonds is 3. The van der Waals surface area contributed by atoms with Crippen LogP contribution in [0.15, 0.2) is 47.7 Å². The number of benzene rings is 1. The van der Waals surface area contributed by atoms with Crippen molar-refractivity contribution in [2.45, 2.75) is 26.8 Å². The lowest BCUT2D eigenvalue weighted by Crippen LogP contribution is -2.47. The van der Waals surface area contributed by atoms with Crippen LogP contribution >= 0.6 is 0 Å². The lowest BCUT2D eigenvalue weighted by Gasteiger charge is -2.37. The molecule has 0 unspecified atom stereocenters. The lowest BCUT2D eigenvalue weighted by atomic mass is 10.2. The molecule has 8 nitrogen and oxygen atoms in total. The van der Waals surface area contributed by atoms with Crippen LogP contribution in [0.2, 0.25) is 0 Å². The fourth-order valence-electron chi connectivity index (χ4n) is 4.16. The molecule has 1 saturated heterocycles. The van der Waals surface area contributed by atoms with Gasteiger partial charge < -0.3 is 9.80 Å². The lowest BCUT2D eigenvalue weighted by molar-refractivity contribution is 0.573. The van der Waals surface area contributed by atoms with E-state index in [0.717, 1.165) is 60.1 Å². The highest BCUT2D eigenvalue weighted by molar-refractivity contribution is 5.87. The van der Waals surface area contributed by atoms with E-state index in [4.69, 9.17) is 4.98 Å². The number of piperazine rings is 1. The van der Waals surface area contributed by atoms with Crippen LogP contribution in [-0.2, 0) is 0 Å². The van der Waals surface area contributed by atoms with E-state index >= 15 is 0 Å². The summed E-state index contributed by atoms with van der Waals surface area (Å²) in [4.78, 5) is 35.4. The van der Waals surface area contributed by atoms with E-state index in [1.165, 1.54) is 0 Å². The standard InChI is InChI=1S/C23H25N7O/c1-15(2)30-14-25-20-13-17(6-7-18(20)23(30)31)28-9-11-29(12-10-28)22-19-5-4-8-24-21(19)26-16(3)27-22/h4-8,13-15H,9-12H2,1-3H3. The summed E-state index contributed by atoms with van der Waals surface area (Å²) in [7, 11) is 0. The van der Waals surface area contributed by atoms with Gasteiger partial charge in [0.2, 0.25) is 0 Å². The van der Waals surface area contributed by atoms with Gasteiger partial charge in [-0.3, -0.25) is 9.36 Å². The highest BCUT2D eigenvalue weighted by Gasteiger charge is 2.21. The van der Waals surface area contributed by atoms with Crippen molar-refractivity contribution < 1.29 is 0 Å². The number of nitrogens with zero attached hydrogens (tertiary/aromatic N) is 7. The molecule has 0 radical (unpaired) electrons. The van der Waals surface area contributed by atoms with Gasteiger partial charge in [0.1, 0.15) is 11.6 Å². The first-order valence-corrected chi connectivity index (χ1v) is 10.6. The van der Waals surface area contributed by atoms with Gasteiger partial charge in [-0.15, -0.1) is 0 Å². The Hall–Kier alpha value is -3.55. The summed E-state index contributed by atoms with van der Waals surface area (Å²) in [6.45, 7) is 9.30. The van der Waals surface area contributed by atoms with Gasteiger partial charge in [-0.05, 0) is 51.1 Å². The molecule has 5 rings (SSSR count). The highest BCUT2D eigenvalue weighted by atomic mass is 16.1. The van der Waals surface area contributed by atoms with E-state index in [1.807, 2.05) is 51.1 Å². The summed E-state index contributed by atoms with van der Waals surface area (Å²) >= 11 is 0. The van der Waals surface area contributed by atoms with Crippen LogP contribution in [0.5, 0.6) is 0 Å². The maximum Gasteiger partial charge on any atom is 0.261 e. The van der Waals surface area contributed by atoms with E-state index in [0.29, 0.717) is 5.39 Å². The second kappa shape index (κ2) is 7.61. The Kier molecular flexibility index (Phi) is 4.77. The third kappa shape index (κ3) is 3.48. The Morgan fingerprint density at radius 3 is 2.48 bits per heavy atom. The van der Waals surface area contributed by atoms with E-state index < -0.39 is 0 Å². The predicted octanol–water partition coefficient (Wildman–Crippen LogP) is 2.95. The largest absolute Gasteiger partial charge is 0.368 e. The summed E-state index contributed by atoms with van der Waals surface area (Å²) in [5.74, 6) is 1.68. The Morgan fingerprint density at radius 2 is 1.71 bits per heavy atom. The summed E-state index contributed by atoms with van der Waals surface area (Å²) in [5, 5.41) is 1.65. The Labute approximate surface area is 180 Å². The van der Waals surface area contributed by atoms with Crippen molar-refractivity contribution in [2.24, 2.45) is 0 Å². The first-order valence-electron chi connectivity index (χ1n) is 10.6. The number of anilines is 2. The molecule has 4 aromatic rings. The van der Waals surface area contributed by atoms with Crippen LogP contribution in [0.1, 0.15) is 25.7 Å². The first kappa shape index (κ1) is 19.4. The van der Waals surface area contributed by atoms with Gasteiger partial charge in [0.05, 0.1) is 22.6 Å². The second-order valence-electron chi connectivity index (χ2n) is 8.20. The zero-order valence-electron chi connectivity index (χ0n) is 18.0. The molecule has 1 aromatic carbocycles. The van der Waals surface area contributed by atoms with E-state index in [9.17, 15) is 4.79 Å². The number of pyridine rings is 1. The molecule has 158 valence electrons. The molecule has 1 aliphatic rings. The van der Waals surface area contributed by atoms with Gasteiger partial charge in [0.15, 0.2) is 5.65 Å². The molecule has 4 heterocycles. The molecular weight excluding hydrogens is 390 g/mol. The Balaban J connectivity index is 1.39. The molecule has 0 spiro atoms. The fourth-order valence-corrected chi connectivity index (χ4v) is 4.16. The average molecular weight is 416 g/mol. The molecule has 1 fully saturated rings. The van der Waals surface area contributed by atoms with Crippen molar-refractivity contribution in [3.63, 3.8) is 0 Å². The summed E-state index contributed by atoms with van der Waals surface area (Å²) < 4.78 is 1.67. The van der Waals surface area contributed by atoms with E-state index in [2.05, 4.69) is 24.8 Å². The molecule has 1 aliphatic heterocycles. The molecular formula is C23H25N7O. The molecule has 0 atom stereocenters. The quantitative estimate of drug-likeness (QED) is 0.509. The molecule has 0 bridgehead atoms. The predicted molar refractivity (Wildman–Crippen MR) is 123 cm³/mol. The van der Waals surface area contributed by atoms with Crippen molar-refractivity contribution in [1.29, 1.82) is 0 Å².